The Morgan fingerprint density at radius 2 is 1.71 bits per heavy atom. The number of nitro groups is 1. The molecule has 0 amide bonds. The van der Waals surface area contributed by atoms with Gasteiger partial charge in [0.05, 0.1) is 37.7 Å². The third-order valence-corrected chi connectivity index (χ3v) is 6.23. The number of rotatable bonds is 14. The SMILES string of the molecule is COc1cc(C(C#N)(CCCNCCCc2cccc([N+](=O)[O-])c2)C(C)C)cc(OC)c1OC. The predicted octanol–water partition coefficient (Wildman–Crippen LogP) is 5.04. The van der Waals surface area contributed by atoms with Crippen molar-refractivity contribution in [2.45, 2.75) is 44.9 Å². The van der Waals surface area contributed by atoms with E-state index in [1.54, 1.807) is 33.5 Å². The number of benzene rings is 2. The molecule has 2 aromatic carbocycles. The van der Waals surface area contributed by atoms with E-state index in [1.165, 1.54) is 6.07 Å². The topological polar surface area (TPSA) is 107 Å². The fourth-order valence-corrected chi connectivity index (χ4v) is 4.21. The van der Waals surface area contributed by atoms with Crippen molar-refractivity contribution in [3.63, 3.8) is 0 Å². The minimum absolute atomic E-state index is 0.0779. The summed E-state index contributed by atoms with van der Waals surface area (Å²) in [4.78, 5) is 10.5. The highest BCUT2D eigenvalue weighted by atomic mass is 16.6. The molecule has 0 fully saturated rings. The Bertz CT molecular complexity index is 977. The number of nitrogens with one attached hydrogen (secondary N) is 1. The van der Waals surface area contributed by atoms with E-state index < -0.39 is 5.41 Å². The molecule has 0 heterocycles. The first-order chi connectivity index (χ1) is 16.3. The van der Waals surface area contributed by atoms with Gasteiger partial charge in [-0.3, -0.25) is 10.1 Å². The van der Waals surface area contributed by atoms with Crippen LogP contribution in [-0.2, 0) is 11.8 Å². The molecular weight excluding hydrogens is 434 g/mol. The summed E-state index contributed by atoms with van der Waals surface area (Å²) in [5.41, 5.74) is 1.24. The largest absolute Gasteiger partial charge is 0.493 e. The first-order valence-electron chi connectivity index (χ1n) is 11.5. The quantitative estimate of drug-likeness (QED) is 0.235. The van der Waals surface area contributed by atoms with Crippen molar-refractivity contribution < 1.29 is 19.1 Å². The maximum absolute atomic E-state index is 10.9. The van der Waals surface area contributed by atoms with Crippen LogP contribution in [0.1, 0.15) is 44.2 Å². The van der Waals surface area contributed by atoms with Crippen LogP contribution in [0.15, 0.2) is 36.4 Å². The molecule has 184 valence electrons. The van der Waals surface area contributed by atoms with Gasteiger partial charge in [-0.25, -0.2) is 0 Å². The van der Waals surface area contributed by atoms with Gasteiger partial charge in [0.2, 0.25) is 5.75 Å². The number of hydrogen-bond acceptors (Lipinski definition) is 7. The first kappa shape index (κ1) is 26.9. The van der Waals surface area contributed by atoms with Crippen molar-refractivity contribution in [1.29, 1.82) is 5.26 Å². The molecule has 8 heteroatoms. The Morgan fingerprint density at radius 1 is 1.06 bits per heavy atom. The zero-order chi connectivity index (χ0) is 25.1. The summed E-state index contributed by atoms with van der Waals surface area (Å²) >= 11 is 0. The van der Waals surface area contributed by atoms with Crippen molar-refractivity contribution in [1.82, 2.24) is 5.32 Å². The number of non-ortho nitro benzene ring substituents is 1. The molecule has 0 aliphatic heterocycles. The molecule has 0 aliphatic rings. The molecule has 1 unspecified atom stereocenters. The standard InChI is InChI=1S/C26H35N3O5/c1-19(2)26(18-27,21-16-23(32-3)25(34-5)24(17-21)33-4)12-8-14-28-13-7-10-20-9-6-11-22(15-20)29(30)31/h6,9,11,15-17,19,28H,7-8,10,12-14H2,1-5H3. The van der Waals surface area contributed by atoms with Crippen molar-refractivity contribution >= 4 is 5.69 Å². The van der Waals surface area contributed by atoms with E-state index in [2.05, 4.69) is 25.2 Å². The minimum atomic E-state index is -0.697. The van der Waals surface area contributed by atoms with Crippen LogP contribution in [-0.4, -0.2) is 39.3 Å². The van der Waals surface area contributed by atoms with Gasteiger partial charge in [-0.1, -0.05) is 26.0 Å². The predicted molar refractivity (Wildman–Crippen MR) is 132 cm³/mol. The highest BCUT2D eigenvalue weighted by molar-refractivity contribution is 5.56. The van der Waals surface area contributed by atoms with Gasteiger partial charge in [-0.05, 0) is 68.0 Å². The molecule has 0 spiro atoms. The number of nitrogens with zero attached hydrogens (tertiary/aromatic N) is 2. The van der Waals surface area contributed by atoms with Gasteiger partial charge in [0.25, 0.3) is 5.69 Å². The van der Waals surface area contributed by atoms with Crippen molar-refractivity contribution in [3.05, 3.63) is 57.6 Å². The number of nitriles is 1. The average Bonchev–Trinajstić information content (AvgIpc) is 2.84. The third kappa shape index (κ3) is 6.39. The van der Waals surface area contributed by atoms with Gasteiger partial charge in [0.15, 0.2) is 11.5 Å². The van der Waals surface area contributed by atoms with Crippen LogP contribution in [0.2, 0.25) is 0 Å². The van der Waals surface area contributed by atoms with Gasteiger partial charge in [0, 0.05) is 12.1 Å². The fraction of sp³-hybridized carbons (Fsp3) is 0.500. The maximum atomic E-state index is 10.9. The Morgan fingerprint density at radius 3 is 2.24 bits per heavy atom. The molecule has 0 aromatic heterocycles. The summed E-state index contributed by atoms with van der Waals surface area (Å²) in [6.45, 7) is 5.68. The number of hydrogen-bond donors (Lipinski definition) is 1. The van der Waals surface area contributed by atoms with Gasteiger partial charge < -0.3 is 19.5 Å². The van der Waals surface area contributed by atoms with Crippen molar-refractivity contribution in [3.8, 4) is 23.3 Å². The van der Waals surface area contributed by atoms with E-state index >= 15 is 0 Å². The molecule has 2 rings (SSSR count). The second kappa shape index (κ2) is 12.8. The molecule has 1 N–H and O–H groups in total. The highest BCUT2D eigenvalue weighted by Gasteiger charge is 2.37. The van der Waals surface area contributed by atoms with E-state index in [4.69, 9.17) is 14.2 Å². The number of ether oxygens (including phenoxy) is 3. The highest BCUT2D eigenvalue weighted by Crippen LogP contribution is 2.45. The monoisotopic (exact) mass is 469 g/mol. The van der Waals surface area contributed by atoms with Gasteiger partial charge in [0.1, 0.15) is 0 Å². The molecule has 34 heavy (non-hydrogen) atoms. The Kier molecular flexibility index (Phi) is 10.1. The first-order valence-corrected chi connectivity index (χ1v) is 11.5. The van der Waals surface area contributed by atoms with E-state index in [0.29, 0.717) is 23.7 Å². The lowest BCUT2D eigenvalue weighted by Gasteiger charge is -2.32. The molecular formula is C26H35N3O5. The van der Waals surface area contributed by atoms with Crippen molar-refractivity contribution in [2.24, 2.45) is 5.92 Å². The molecule has 0 bridgehead atoms. The van der Waals surface area contributed by atoms with Crippen LogP contribution in [0.3, 0.4) is 0 Å². The fourth-order valence-electron chi connectivity index (χ4n) is 4.21. The summed E-state index contributed by atoms with van der Waals surface area (Å²) < 4.78 is 16.4. The molecule has 8 nitrogen and oxygen atoms in total. The second-order valence-corrected chi connectivity index (χ2v) is 8.54. The van der Waals surface area contributed by atoms with Gasteiger partial charge in [-0.15, -0.1) is 0 Å². The lowest BCUT2D eigenvalue weighted by Crippen LogP contribution is -2.32. The Balaban J connectivity index is 1.98. The summed E-state index contributed by atoms with van der Waals surface area (Å²) in [6, 6.07) is 13.1. The molecule has 0 aliphatic carbocycles. The number of aryl methyl sites for hydroxylation is 1. The van der Waals surface area contributed by atoms with Crippen LogP contribution < -0.4 is 19.5 Å². The van der Waals surface area contributed by atoms with E-state index in [-0.39, 0.29) is 16.5 Å². The van der Waals surface area contributed by atoms with Gasteiger partial charge in [-0.2, -0.15) is 5.26 Å². The van der Waals surface area contributed by atoms with Crippen LogP contribution in [0, 0.1) is 27.4 Å². The zero-order valence-electron chi connectivity index (χ0n) is 20.7. The third-order valence-electron chi connectivity index (χ3n) is 6.23. The van der Waals surface area contributed by atoms with Crippen LogP contribution in [0.4, 0.5) is 5.69 Å². The van der Waals surface area contributed by atoms with E-state index in [9.17, 15) is 15.4 Å². The lowest BCUT2D eigenvalue weighted by molar-refractivity contribution is -0.384. The molecule has 1 atom stereocenters. The molecule has 0 saturated carbocycles. The van der Waals surface area contributed by atoms with Crippen molar-refractivity contribution in [2.75, 3.05) is 34.4 Å². The normalized spacial score (nSPS) is 12.6. The van der Waals surface area contributed by atoms with E-state index in [0.717, 1.165) is 43.5 Å². The number of nitro benzene ring substituents is 1. The van der Waals surface area contributed by atoms with Gasteiger partial charge >= 0.3 is 0 Å². The Hall–Kier alpha value is -3.31. The summed E-state index contributed by atoms with van der Waals surface area (Å²) in [7, 11) is 4.70. The minimum Gasteiger partial charge on any atom is -0.493 e. The summed E-state index contributed by atoms with van der Waals surface area (Å²) in [5.74, 6) is 1.66. The average molecular weight is 470 g/mol. The lowest BCUT2D eigenvalue weighted by atomic mass is 9.69. The van der Waals surface area contributed by atoms with Crippen LogP contribution in [0.5, 0.6) is 17.2 Å². The smallest absolute Gasteiger partial charge is 0.269 e. The van der Waals surface area contributed by atoms with Crippen LogP contribution in [0.25, 0.3) is 0 Å². The maximum Gasteiger partial charge on any atom is 0.269 e. The molecule has 0 radical (unpaired) electrons. The second-order valence-electron chi connectivity index (χ2n) is 8.54. The summed E-state index contributed by atoms with van der Waals surface area (Å²) in [5, 5.41) is 24.6. The van der Waals surface area contributed by atoms with Crippen LogP contribution >= 0.6 is 0 Å². The number of methoxy groups -OCH3 is 3. The summed E-state index contributed by atoms with van der Waals surface area (Å²) in [6.07, 6.45) is 3.15. The zero-order valence-corrected chi connectivity index (χ0v) is 20.7. The Labute approximate surface area is 202 Å². The molecule has 2 aromatic rings. The molecule has 0 saturated heterocycles. The van der Waals surface area contributed by atoms with E-state index in [1.807, 2.05) is 18.2 Å².